The Kier molecular flexibility index (Phi) is 5.20. The average molecular weight is 417 g/mol. The van der Waals surface area contributed by atoms with Gasteiger partial charge in [0.25, 0.3) is 0 Å². The van der Waals surface area contributed by atoms with Crippen molar-refractivity contribution in [1.29, 1.82) is 0 Å². The normalized spacial score (nSPS) is 16.9. The second-order valence-corrected chi connectivity index (χ2v) is 6.92. The smallest absolute Gasteiger partial charge is 0.193 e. The first kappa shape index (κ1) is 17.6. The minimum Gasteiger partial charge on any atom is -0.496 e. The maximum Gasteiger partial charge on any atom is 0.193 e. The Morgan fingerprint density at radius 3 is 2.56 bits per heavy atom. The first-order valence-electron chi connectivity index (χ1n) is 7.72. The summed E-state index contributed by atoms with van der Waals surface area (Å²) in [6, 6.07) is 14.6. The second-order valence-electron chi connectivity index (χ2n) is 5.66. The van der Waals surface area contributed by atoms with Crippen molar-refractivity contribution in [3.8, 4) is 5.75 Å². The Labute approximate surface area is 160 Å². The van der Waals surface area contributed by atoms with Crippen LogP contribution in [0.3, 0.4) is 0 Å². The lowest BCUT2D eigenvalue weighted by molar-refractivity contribution is 0.102. The quantitative estimate of drug-likeness (QED) is 0.579. The average Bonchev–Trinajstić information content (AvgIpc) is 2.61. The Bertz CT molecular complexity index is 865. The van der Waals surface area contributed by atoms with Gasteiger partial charge in [-0.2, -0.15) is 0 Å². The van der Waals surface area contributed by atoms with Crippen LogP contribution >= 0.6 is 28.1 Å². The summed E-state index contributed by atoms with van der Waals surface area (Å²) in [5, 5.41) is 6.77. The van der Waals surface area contributed by atoms with E-state index in [1.54, 1.807) is 7.11 Å². The lowest BCUT2D eigenvalue weighted by Gasteiger charge is -2.30. The lowest BCUT2D eigenvalue weighted by atomic mass is 9.89. The van der Waals surface area contributed by atoms with Crippen LogP contribution in [-0.2, 0) is 0 Å². The molecule has 1 aliphatic heterocycles. The van der Waals surface area contributed by atoms with Gasteiger partial charge >= 0.3 is 0 Å². The molecule has 2 N–H and O–H groups in total. The first-order chi connectivity index (χ1) is 12.0. The van der Waals surface area contributed by atoms with E-state index in [1.807, 2.05) is 55.5 Å². The van der Waals surface area contributed by atoms with Crippen molar-refractivity contribution in [2.45, 2.75) is 13.0 Å². The fraction of sp³-hybridized carbons (Fsp3) is 0.158. The molecule has 25 heavy (non-hydrogen) atoms. The van der Waals surface area contributed by atoms with Crippen LogP contribution in [0.1, 0.15) is 28.9 Å². The zero-order valence-corrected chi connectivity index (χ0v) is 16.2. The second kappa shape index (κ2) is 7.37. The number of halogens is 1. The Morgan fingerprint density at radius 1 is 1.20 bits per heavy atom. The van der Waals surface area contributed by atoms with Crippen LogP contribution in [-0.4, -0.2) is 18.0 Å². The SMILES string of the molecule is COc1ccc(C2NC(=S)NC(C)=C2C(=O)c2ccccc2)cc1Br. The van der Waals surface area contributed by atoms with Gasteiger partial charge < -0.3 is 15.4 Å². The zero-order chi connectivity index (χ0) is 18.0. The first-order valence-corrected chi connectivity index (χ1v) is 8.93. The molecule has 6 heteroatoms. The molecule has 1 heterocycles. The summed E-state index contributed by atoms with van der Waals surface area (Å²) in [6.45, 7) is 1.87. The number of methoxy groups -OCH3 is 1. The zero-order valence-electron chi connectivity index (χ0n) is 13.8. The van der Waals surface area contributed by atoms with E-state index >= 15 is 0 Å². The predicted molar refractivity (Wildman–Crippen MR) is 106 cm³/mol. The van der Waals surface area contributed by atoms with Gasteiger partial charge in [-0.3, -0.25) is 4.79 Å². The van der Waals surface area contributed by atoms with Gasteiger partial charge in [-0.1, -0.05) is 36.4 Å². The van der Waals surface area contributed by atoms with Gasteiger partial charge in [0.05, 0.1) is 17.6 Å². The maximum absolute atomic E-state index is 13.1. The molecule has 0 aliphatic carbocycles. The number of Topliss-reactive ketones (excluding diaryl/α,β-unsaturated/α-hetero) is 1. The van der Waals surface area contributed by atoms with Crippen molar-refractivity contribution in [3.05, 3.63) is 75.4 Å². The molecule has 0 bridgehead atoms. The number of carbonyl (C=O) groups excluding carboxylic acids is 1. The number of thiocarbonyl (C=S) groups is 1. The number of ether oxygens (including phenoxy) is 1. The van der Waals surface area contributed by atoms with E-state index in [1.165, 1.54) is 0 Å². The van der Waals surface area contributed by atoms with Crippen molar-refractivity contribution < 1.29 is 9.53 Å². The standard InChI is InChI=1S/C19H17BrN2O2S/c1-11-16(18(23)12-6-4-3-5-7-12)17(22-19(25)21-11)13-8-9-15(24-2)14(20)10-13/h3-10,17H,1-2H3,(H2,21,22,25). The van der Waals surface area contributed by atoms with Crippen LogP contribution in [0.15, 0.2) is 64.3 Å². The molecule has 0 spiro atoms. The van der Waals surface area contributed by atoms with Crippen LogP contribution in [0, 0.1) is 0 Å². The van der Waals surface area contributed by atoms with Crippen molar-refractivity contribution in [3.63, 3.8) is 0 Å². The number of rotatable bonds is 4. The van der Waals surface area contributed by atoms with Crippen LogP contribution < -0.4 is 15.4 Å². The number of nitrogens with one attached hydrogen (secondary N) is 2. The molecule has 0 aromatic heterocycles. The molecule has 0 saturated carbocycles. The molecule has 4 nitrogen and oxygen atoms in total. The van der Waals surface area contributed by atoms with E-state index in [0.29, 0.717) is 16.2 Å². The summed E-state index contributed by atoms with van der Waals surface area (Å²) < 4.78 is 6.11. The van der Waals surface area contributed by atoms with Crippen molar-refractivity contribution in [2.24, 2.45) is 0 Å². The highest BCUT2D eigenvalue weighted by atomic mass is 79.9. The predicted octanol–water partition coefficient (Wildman–Crippen LogP) is 4.13. The Hall–Kier alpha value is -2.18. The summed E-state index contributed by atoms with van der Waals surface area (Å²) in [4.78, 5) is 13.1. The third kappa shape index (κ3) is 3.60. The number of allylic oxidation sites excluding steroid dienone is 1. The van der Waals surface area contributed by atoms with E-state index in [2.05, 4.69) is 26.6 Å². The van der Waals surface area contributed by atoms with Gasteiger partial charge in [0.15, 0.2) is 10.9 Å². The molecule has 0 saturated heterocycles. The van der Waals surface area contributed by atoms with Gasteiger partial charge in [-0.15, -0.1) is 0 Å². The summed E-state index contributed by atoms with van der Waals surface area (Å²) in [6.07, 6.45) is 0. The van der Waals surface area contributed by atoms with Gasteiger partial charge in [-0.25, -0.2) is 0 Å². The molecule has 2 aromatic carbocycles. The molecule has 128 valence electrons. The highest BCUT2D eigenvalue weighted by molar-refractivity contribution is 9.10. The molecule has 1 unspecified atom stereocenters. The van der Waals surface area contributed by atoms with Gasteiger partial charge in [0.2, 0.25) is 0 Å². The topological polar surface area (TPSA) is 50.4 Å². The molecule has 0 radical (unpaired) electrons. The van der Waals surface area contributed by atoms with Crippen molar-refractivity contribution >= 4 is 39.0 Å². The van der Waals surface area contributed by atoms with Gasteiger partial charge in [0, 0.05) is 16.8 Å². The number of benzene rings is 2. The van der Waals surface area contributed by atoms with E-state index in [9.17, 15) is 4.79 Å². The van der Waals surface area contributed by atoms with E-state index in [4.69, 9.17) is 17.0 Å². The molecule has 1 aliphatic rings. The van der Waals surface area contributed by atoms with Crippen LogP contribution in [0.5, 0.6) is 5.75 Å². The largest absolute Gasteiger partial charge is 0.496 e. The molecule has 3 rings (SSSR count). The van der Waals surface area contributed by atoms with Crippen molar-refractivity contribution in [2.75, 3.05) is 7.11 Å². The van der Waals surface area contributed by atoms with Crippen molar-refractivity contribution in [1.82, 2.24) is 10.6 Å². The summed E-state index contributed by atoms with van der Waals surface area (Å²) in [7, 11) is 1.62. The van der Waals surface area contributed by atoms with Gasteiger partial charge in [0.1, 0.15) is 5.75 Å². The Morgan fingerprint density at radius 2 is 1.92 bits per heavy atom. The molecular formula is C19H17BrN2O2S. The third-order valence-electron chi connectivity index (χ3n) is 4.06. The molecule has 2 aromatic rings. The number of hydrogen-bond donors (Lipinski definition) is 2. The van der Waals surface area contributed by atoms with Crippen LogP contribution in [0.4, 0.5) is 0 Å². The number of hydrogen-bond acceptors (Lipinski definition) is 3. The molecule has 0 amide bonds. The van der Waals surface area contributed by atoms with E-state index in [-0.39, 0.29) is 11.8 Å². The highest BCUT2D eigenvalue weighted by Crippen LogP contribution is 2.33. The summed E-state index contributed by atoms with van der Waals surface area (Å²) >= 11 is 8.80. The highest BCUT2D eigenvalue weighted by Gasteiger charge is 2.30. The van der Waals surface area contributed by atoms with Gasteiger partial charge in [-0.05, 0) is 52.8 Å². The maximum atomic E-state index is 13.1. The van der Waals surface area contributed by atoms with Crippen LogP contribution in [0.25, 0.3) is 0 Å². The summed E-state index contributed by atoms with van der Waals surface area (Å²) in [5.41, 5.74) is 2.98. The Balaban J connectivity index is 2.07. The van der Waals surface area contributed by atoms with E-state index < -0.39 is 0 Å². The molecule has 0 fully saturated rings. The fourth-order valence-electron chi connectivity index (χ4n) is 2.85. The number of ketones is 1. The minimum atomic E-state index is -0.330. The van der Waals surface area contributed by atoms with E-state index in [0.717, 1.165) is 21.5 Å². The molecule has 1 atom stereocenters. The minimum absolute atomic E-state index is 0.0301. The fourth-order valence-corrected chi connectivity index (χ4v) is 3.68. The summed E-state index contributed by atoms with van der Waals surface area (Å²) in [5.74, 6) is 0.703. The lowest BCUT2D eigenvalue weighted by Crippen LogP contribution is -2.44. The monoisotopic (exact) mass is 416 g/mol. The number of carbonyl (C=O) groups is 1. The third-order valence-corrected chi connectivity index (χ3v) is 4.90. The molecular weight excluding hydrogens is 400 g/mol. The van der Waals surface area contributed by atoms with Crippen LogP contribution in [0.2, 0.25) is 0 Å².